The third-order valence-electron chi connectivity index (χ3n) is 3.43. The first-order valence-electron chi connectivity index (χ1n) is 6.42. The molecule has 21 heavy (non-hydrogen) atoms. The molecule has 8 heteroatoms. The molecule has 2 rings (SSSR count). The maximum atomic E-state index is 12.5. The molecule has 0 amide bonds. The zero-order valence-corrected chi connectivity index (χ0v) is 12.2. The fourth-order valence-electron chi connectivity index (χ4n) is 2.18. The van der Waals surface area contributed by atoms with Gasteiger partial charge in [0, 0.05) is 20.2 Å². The normalized spacial score (nSPS) is 20.1. The number of ether oxygens (including phenoxy) is 1. The lowest BCUT2D eigenvalue weighted by Gasteiger charge is -2.20. The second kappa shape index (κ2) is 5.94. The van der Waals surface area contributed by atoms with Crippen LogP contribution in [0.1, 0.15) is 12.0 Å². The predicted molar refractivity (Wildman–Crippen MR) is 70.2 cm³/mol. The molecular weight excluding hydrogens is 307 g/mol. The van der Waals surface area contributed by atoms with Gasteiger partial charge >= 0.3 is 6.18 Å². The van der Waals surface area contributed by atoms with Crippen LogP contribution in [-0.4, -0.2) is 39.5 Å². The van der Waals surface area contributed by atoms with Crippen LogP contribution in [0.3, 0.4) is 0 Å². The molecule has 1 heterocycles. The van der Waals surface area contributed by atoms with Crippen LogP contribution in [-0.2, 0) is 20.9 Å². The van der Waals surface area contributed by atoms with Crippen molar-refractivity contribution in [3.63, 3.8) is 0 Å². The quantitative estimate of drug-likeness (QED) is 0.854. The summed E-state index contributed by atoms with van der Waals surface area (Å²) in [5.41, 5.74) is -0.867. The molecule has 0 N–H and O–H groups in total. The van der Waals surface area contributed by atoms with E-state index < -0.39 is 21.8 Å². The van der Waals surface area contributed by atoms with Crippen molar-refractivity contribution in [1.82, 2.24) is 4.31 Å². The van der Waals surface area contributed by atoms with E-state index in [1.807, 2.05) is 0 Å². The number of rotatable bonds is 4. The number of hydrogen-bond acceptors (Lipinski definition) is 3. The van der Waals surface area contributed by atoms with Gasteiger partial charge in [0.25, 0.3) is 0 Å². The van der Waals surface area contributed by atoms with Crippen LogP contribution in [0.2, 0.25) is 0 Å². The molecule has 1 saturated heterocycles. The van der Waals surface area contributed by atoms with E-state index in [-0.39, 0.29) is 10.8 Å². The molecule has 0 bridgehead atoms. The van der Waals surface area contributed by atoms with Gasteiger partial charge in [0.2, 0.25) is 10.0 Å². The molecule has 1 aliphatic rings. The molecule has 1 fully saturated rings. The smallest absolute Gasteiger partial charge is 0.381 e. The number of nitrogens with zero attached hydrogens (tertiary/aromatic N) is 1. The Balaban J connectivity index is 2.14. The van der Waals surface area contributed by atoms with Gasteiger partial charge in [-0.3, -0.25) is 0 Å². The molecule has 1 aliphatic heterocycles. The van der Waals surface area contributed by atoms with E-state index in [0.717, 1.165) is 35.0 Å². The van der Waals surface area contributed by atoms with E-state index >= 15 is 0 Å². The monoisotopic (exact) mass is 323 g/mol. The molecule has 0 spiro atoms. The Labute approximate surface area is 121 Å². The van der Waals surface area contributed by atoms with Gasteiger partial charge < -0.3 is 4.74 Å². The third kappa shape index (κ3) is 3.75. The predicted octanol–water partition coefficient (Wildman–Crippen LogP) is 2.36. The van der Waals surface area contributed by atoms with Crippen molar-refractivity contribution in [2.45, 2.75) is 17.5 Å². The van der Waals surface area contributed by atoms with Gasteiger partial charge in [0.15, 0.2) is 0 Å². The maximum absolute atomic E-state index is 12.5. The van der Waals surface area contributed by atoms with Crippen molar-refractivity contribution in [3.8, 4) is 0 Å². The van der Waals surface area contributed by atoms with Crippen LogP contribution in [0.25, 0.3) is 0 Å². The van der Waals surface area contributed by atoms with Crippen molar-refractivity contribution in [3.05, 3.63) is 29.8 Å². The first-order chi connectivity index (χ1) is 9.71. The van der Waals surface area contributed by atoms with Crippen molar-refractivity contribution in [2.24, 2.45) is 5.92 Å². The number of benzene rings is 1. The summed E-state index contributed by atoms with van der Waals surface area (Å²) >= 11 is 0. The number of hydrogen-bond donors (Lipinski definition) is 0. The Morgan fingerprint density at radius 2 is 1.90 bits per heavy atom. The van der Waals surface area contributed by atoms with Crippen LogP contribution in [0.4, 0.5) is 13.2 Å². The van der Waals surface area contributed by atoms with Gasteiger partial charge in [-0.05, 0) is 36.6 Å². The minimum Gasteiger partial charge on any atom is -0.381 e. The lowest BCUT2D eigenvalue weighted by molar-refractivity contribution is -0.137. The second-order valence-corrected chi connectivity index (χ2v) is 7.08. The highest BCUT2D eigenvalue weighted by Crippen LogP contribution is 2.30. The fraction of sp³-hybridized carbons (Fsp3) is 0.538. The van der Waals surface area contributed by atoms with Crippen LogP contribution in [0.5, 0.6) is 0 Å². The molecule has 0 aromatic heterocycles. The van der Waals surface area contributed by atoms with E-state index in [2.05, 4.69) is 0 Å². The van der Waals surface area contributed by atoms with E-state index in [0.29, 0.717) is 19.8 Å². The summed E-state index contributed by atoms with van der Waals surface area (Å²) in [5, 5.41) is 0. The number of alkyl halides is 3. The lowest BCUT2D eigenvalue weighted by Crippen LogP contribution is -2.32. The van der Waals surface area contributed by atoms with E-state index in [1.54, 1.807) is 0 Å². The molecule has 0 radical (unpaired) electrons. The van der Waals surface area contributed by atoms with E-state index in [1.165, 1.54) is 7.05 Å². The van der Waals surface area contributed by atoms with E-state index in [9.17, 15) is 21.6 Å². The summed E-state index contributed by atoms with van der Waals surface area (Å²) in [7, 11) is -2.36. The number of halogens is 3. The summed E-state index contributed by atoms with van der Waals surface area (Å²) in [6.45, 7) is 1.41. The largest absolute Gasteiger partial charge is 0.416 e. The zero-order valence-electron chi connectivity index (χ0n) is 11.4. The van der Waals surface area contributed by atoms with Crippen molar-refractivity contribution in [2.75, 3.05) is 26.8 Å². The highest BCUT2D eigenvalue weighted by atomic mass is 32.2. The van der Waals surface area contributed by atoms with Gasteiger partial charge in [-0.15, -0.1) is 0 Å². The first-order valence-corrected chi connectivity index (χ1v) is 7.86. The molecule has 4 nitrogen and oxygen atoms in total. The summed E-state index contributed by atoms with van der Waals surface area (Å²) in [4.78, 5) is -0.142. The van der Waals surface area contributed by atoms with Gasteiger partial charge in [-0.25, -0.2) is 12.7 Å². The molecular formula is C13H16F3NO3S. The minimum atomic E-state index is -4.48. The van der Waals surface area contributed by atoms with Crippen LogP contribution >= 0.6 is 0 Å². The number of sulfonamides is 1. The highest BCUT2D eigenvalue weighted by Gasteiger charge is 2.31. The fourth-order valence-corrected chi connectivity index (χ4v) is 3.43. The van der Waals surface area contributed by atoms with Crippen molar-refractivity contribution in [1.29, 1.82) is 0 Å². The highest BCUT2D eigenvalue weighted by molar-refractivity contribution is 7.89. The van der Waals surface area contributed by atoms with Gasteiger partial charge in [0.1, 0.15) is 0 Å². The summed E-state index contributed by atoms with van der Waals surface area (Å²) in [6.07, 6.45) is -3.69. The molecule has 1 unspecified atom stereocenters. The van der Waals surface area contributed by atoms with Crippen LogP contribution < -0.4 is 0 Å². The molecule has 1 aromatic rings. The SMILES string of the molecule is CN(CC1CCOC1)S(=O)(=O)c1ccc(C(F)(F)F)cc1. The first kappa shape index (κ1) is 16.3. The maximum Gasteiger partial charge on any atom is 0.416 e. The van der Waals surface area contributed by atoms with Crippen LogP contribution in [0.15, 0.2) is 29.2 Å². The average molecular weight is 323 g/mol. The van der Waals surface area contributed by atoms with Crippen molar-refractivity contribution < 1.29 is 26.3 Å². The summed E-state index contributed by atoms with van der Waals surface area (Å²) < 4.78 is 68.3. The molecule has 0 saturated carbocycles. The molecule has 118 valence electrons. The minimum absolute atomic E-state index is 0.124. The summed E-state index contributed by atoms with van der Waals surface area (Å²) in [5.74, 6) is 0.124. The Hall–Kier alpha value is -1.12. The zero-order chi connectivity index (χ0) is 15.7. The Morgan fingerprint density at radius 3 is 2.38 bits per heavy atom. The molecule has 1 aromatic carbocycles. The van der Waals surface area contributed by atoms with Gasteiger partial charge in [-0.1, -0.05) is 0 Å². The second-order valence-electron chi connectivity index (χ2n) is 5.04. The van der Waals surface area contributed by atoms with Crippen molar-refractivity contribution >= 4 is 10.0 Å². The van der Waals surface area contributed by atoms with E-state index in [4.69, 9.17) is 4.74 Å². The van der Waals surface area contributed by atoms with Gasteiger partial charge in [-0.2, -0.15) is 13.2 Å². The third-order valence-corrected chi connectivity index (χ3v) is 5.27. The molecule has 0 aliphatic carbocycles. The Bertz CT molecular complexity index is 578. The topological polar surface area (TPSA) is 46.6 Å². The van der Waals surface area contributed by atoms with Crippen LogP contribution in [0, 0.1) is 5.92 Å². The Kier molecular flexibility index (Phi) is 4.60. The average Bonchev–Trinajstić information content (AvgIpc) is 2.90. The standard InChI is InChI=1S/C13H16F3NO3S/c1-17(8-10-6-7-20-9-10)21(18,19)12-4-2-11(3-5-12)13(14,15)16/h2-5,10H,6-9H2,1H3. The van der Waals surface area contributed by atoms with Gasteiger partial charge in [0.05, 0.1) is 17.1 Å². The lowest BCUT2D eigenvalue weighted by atomic mass is 10.1. The molecule has 1 atom stereocenters. The summed E-state index contributed by atoms with van der Waals surface area (Å²) in [6, 6.07) is 3.53. The Morgan fingerprint density at radius 1 is 1.29 bits per heavy atom.